The van der Waals surface area contributed by atoms with Crippen LogP contribution in [0.4, 0.5) is 10.5 Å². The number of carbonyl (C=O) groups excluding carboxylic acids is 3. The molecule has 2 aromatic carbocycles. The van der Waals surface area contributed by atoms with Crippen LogP contribution in [0.1, 0.15) is 29.2 Å². The van der Waals surface area contributed by atoms with Gasteiger partial charge in [-0.15, -0.1) is 0 Å². The Morgan fingerprint density at radius 3 is 2.48 bits per heavy atom. The number of imide groups is 1. The number of carbonyl (C=O) groups is 3. The maximum atomic E-state index is 12.7. The van der Waals surface area contributed by atoms with Gasteiger partial charge in [0.25, 0.3) is 11.1 Å². The highest BCUT2D eigenvalue weighted by atomic mass is 32.2. The number of nitrogens with one attached hydrogen (secondary N) is 1. The molecule has 0 spiro atoms. The molecule has 0 aliphatic carbocycles. The molecule has 1 heterocycles. The van der Waals surface area contributed by atoms with Crippen molar-refractivity contribution in [3.8, 4) is 11.5 Å². The Morgan fingerprint density at radius 1 is 1.16 bits per heavy atom. The highest BCUT2D eigenvalue weighted by Crippen LogP contribution is 2.34. The Kier molecular flexibility index (Phi) is 6.70. The SMILES string of the molecule is CCOc1cc(/C=C2/SC(=O)N(CC(=O)Nc3c(C)cc(C)cc3C)C2=O)ccc1O. The summed E-state index contributed by atoms with van der Waals surface area (Å²) in [5.74, 6) is -0.695. The number of aromatic hydroxyl groups is 1. The van der Waals surface area contributed by atoms with Crippen molar-refractivity contribution in [1.29, 1.82) is 0 Å². The van der Waals surface area contributed by atoms with Crippen LogP contribution >= 0.6 is 11.8 Å². The number of anilines is 1. The minimum absolute atomic E-state index is 0.00883. The average Bonchev–Trinajstić information content (AvgIpc) is 2.95. The molecule has 1 fully saturated rings. The number of phenols is 1. The number of thioether (sulfide) groups is 1. The topological polar surface area (TPSA) is 95.9 Å². The van der Waals surface area contributed by atoms with E-state index in [1.165, 1.54) is 6.07 Å². The van der Waals surface area contributed by atoms with Crippen LogP contribution in [0.3, 0.4) is 0 Å². The molecule has 0 saturated carbocycles. The normalized spacial score (nSPS) is 15.0. The Hall–Kier alpha value is -3.26. The predicted molar refractivity (Wildman–Crippen MR) is 121 cm³/mol. The monoisotopic (exact) mass is 440 g/mol. The van der Waals surface area contributed by atoms with E-state index in [9.17, 15) is 19.5 Å². The fraction of sp³-hybridized carbons (Fsp3) is 0.261. The summed E-state index contributed by atoms with van der Waals surface area (Å²) in [4.78, 5) is 38.7. The van der Waals surface area contributed by atoms with Gasteiger partial charge in [0, 0.05) is 5.69 Å². The molecule has 8 heteroatoms. The van der Waals surface area contributed by atoms with Gasteiger partial charge in [-0.1, -0.05) is 23.8 Å². The van der Waals surface area contributed by atoms with Crippen LogP contribution in [0.5, 0.6) is 11.5 Å². The van der Waals surface area contributed by atoms with Gasteiger partial charge in [-0.3, -0.25) is 19.3 Å². The lowest BCUT2D eigenvalue weighted by Gasteiger charge is -2.15. The number of hydrogen-bond acceptors (Lipinski definition) is 6. The molecule has 0 bridgehead atoms. The number of hydrogen-bond donors (Lipinski definition) is 2. The van der Waals surface area contributed by atoms with E-state index in [-0.39, 0.29) is 17.2 Å². The first-order chi connectivity index (χ1) is 14.7. The maximum Gasteiger partial charge on any atom is 0.294 e. The molecule has 3 amide bonds. The van der Waals surface area contributed by atoms with Crippen molar-refractivity contribution in [3.63, 3.8) is 0 Å². The van der Waals surface area contributed by atoms with Crippen molar-refractivity contribution in [2.45, 2.75) is 27.7 Å². The smallest absolute Gasteiger partial charge is 0.294 e. The van der Waals surface area contributed by atoms with E-state index in [0.717, 1.165) is 33.4 Å². The molecule has 1 saturated heterocycles. The van der Waals surface area contributed by atoms with Gasteiger partial charge < -0.3 is 15.2 Å². The van der Waals surface area contributed by atoms with Crippen LogP contribution in [0, 0.1) is 20.8 Å². The predicted octanol–water partition coefficient (Wildman–Crippen LogP) is 4.39. The average molecular weight is 441 g/mol. The van der Waals surface area contributed by atoms with E-state index >= 15 is 0 Å². The highest BCUT2D eigenvalue weighted by molar-refractivity contribution is 8.18. The summed E-state index contributed by atoms with van der Waals surface area (Å²) in [6, 6.07) is 8.57. The molecule has 0 atom stereocenters. The van der Waals surface area contributed by atoms with Crippen molar-refractivity contribution in [1.82, 2.24) is 4.90 Å². The summed E-state index contributed by atoms with van der Waals surface area (Å²) in [6.45, 7) is 7.57. The van der Waals surface area contributed by atoms with E-state index in [1.807, 2.05) is 32.9 Å². The van der Waals surface area contributed by atoms with Gasteiger partial charge in [0.2, 0.25) is 5.91 Å². The summed E-state index contributed by atoms with van der Waals surface area (Å²) >= 11 is 0.772. The zero-order valence-corrected chi connectivity index (χ0v) is 18.6. The lowest BCUT2D eigenvalue weighted by atomic mass is 10.1. The molecular weight excluding hydrogens is 416 g/mol. The molecule has 2 N–H and O–H groups in total. The molecule has 162 valence electrons. The summed E-state index contributed by atoms with van der Waals surface area (Å²) in [6.07, 6.45) is 1.54. The van der Waals surface area contributed by atoms with Crippen LogP contribution in [-0.4, -0.2) is 40.2 Å². The van der Waals surface area contributed by atoms with Crippen LogP contribution in [0.2, 0.25) is 0 Å². The number of rotatable bonds is 6. The molecule has 7 nitrogen and oxygen atoms in total. The van der Waals surface area contributed by atoms with Crippen LogP contribution in [0.25, 0.3) is 6.08 Å². The van der Waals surface area contributed by atoms with Gasteiger partial charge in [-0.05, 0) is 74.4 Å². The van der Waals surface area contributed by atoms with E-state index < -0.39 is 17.1 Å². The van der Waals surface area contributed by atoms with E-state index in [0.29, 0.717) is 23.6 Å². The van der Waals surface area contributed by atoms with Crippen molar-refractivity contribution < 1.29 is 24.2 Å². The lowest BCUT2D eigenvalue weighted by molar-refractivity contribution is -0.127. The van der Waals surface area contributed by atoms with Gasteiger partial charge in [0.15, 0.2) is 11.5 Å². The van der Waals surface area contributed by atoms with Gasteiger partial charge in [-0.2, -0.15) is 0 Å². The zero-order chi connectivity index (χ0) is 22.7. The highest BCUT2D eigenvalue weighted by Gasteiger charge is 2.36. The van der Waals surface area contributed by atoms with Crippen molar-refractivity contribution >= 4 is 40.6 Å². The zero-order valence-electron chi connectivity index (χ0n) is 17.8. The largest absolute Gasteiger partial charge is 0.504 e. The first kappa shape index (κ1) is 22.4. The molecule has 0 aromatic heterocycles. The summed E-state index contributed by atoms with van der Waals surface area (Å²) in [5.41, 5.74) is 4.20. The number of nitrogens with zero attached hydrogens (tertiary/aromatic N) is 1. The molecule has 3 rings (SSSR count). The van der Waals surface area contributed by atoms with Crippen molar-refractivity contribution in [3.05, 3.63) is 57.5 Å². The first-order valence-corrected chi connectivity index (χ1v) is 10.6. The molecule has 0 radical (unpaired) electrons. The summed E-state index contributed by atoms with van der Waals surface area (Å²) in [7, 11) is 0. The number of aryl methyl sites for hydroxylation is 3. The van der Waals surface area contributed by atoms with Crippen LogP contribution < -0.4 is 10.1 Å². The molecule has 1 aliphatic heterocycles. The third kappa shape index (κ3) is 5.08. The molecule has 31 heavy (non-hydrogen) atoms. The maximum absolute atomic E-state index is 12.7. The third-order valence-electron chi connectivity index (χ3n) is 4.70. The number of phenolic OH excluding ortho intramolecular Hbond substituents is 1. The fourth-order valence-corrected chi connectivity index (χ4v) is 4.22. The van der Waals surface area contributed by atoms with Crippen molar-refractivity contribution in [2.24, 2.45) is 0 Å². The third-order valence-corrected chi connectivity index (χ3v) is 5.61. The van der Waals surface area contributed by atoms with Crippen LogP contribution in [-0.2, 0) is 9.59 Å². The van der Waals surface area contributed by atoms with E-state index in [2.05, 4.69) is 5.32 Å². The van der Waals surface area contributed by atoms with E-state index in [4.69, 9.17) is 4.74 Å². The second-order valence-corrected chi connectivity index (χ2v) is 8.24. The van der Waals surface area contributed by atoms with Gasteiger partial charge >= 0.3 is 0 Å². The molecular formula is C23H24N2O5S. The van der Waals surface area contributed by atoms with Gasteiger partial charge in [0.1, 0.15) is 6.54 Å². The second kappa shape index (κ2) is 9.26. The van der Waals surface area contributed by atoms with E-state index in [1.54, 1.807) is 25.1 Å². The van der Waals surface area contributed by atoms with Gasteiger partial charge in [-0.25, -0.2) is 0 Å². The summed E-state index contributed by atoms with van der Waals surface area (Å²) < 4.78 is 5.35. The lowest BCUT2D eigenvalue weighted by Crippen LogP contribution is -2.36. The standard InChI is InChI=1S/C23H24N2O5S/c1-5-30-18-10-16(6-7-17(18)26)11-19-22(28)25(23(29)31-19)12-20(27)24-21-14(3)8-13(2)9-15(21)4/h6-11,26H,5,12H2,1-4H3,(H,24,27)/b19-11+. The number of benzene rings is 2. The Bertz CT molecular complexity index is 1070. The summed E-state index contributed by atoms with van der Waals surface area (Å²) in [5, 5.41) is 12.1. The molecule has 0 unspecified atom stereocenters. The Morgan fingerprint density at radius 2 is 1.84 bits per heavy atom. The van der Waals surface area contributed by atoms with Gasteiger partial charge in [0.05, 0.1) is 11.5 Å². The minimum atomic E-state index is -0.534. The Balaban J connectivity index is 1.74. The second-order valence-electron chi connectivity index (χ2n) is 7.25. The number of amides is 3. The minimum Gasteiger partial charge on any atom is -0.504 e. The Labute approximate surface area is 185 Å². The van der Waals surface area contributed by atoms with Crippen LogP contribution in [0.15, 0.2) is 35.2 Å². The molecule has 2 aromatic rings. The fourth-order valence-electron chi connectivity index (χ4n) is 3.38. The first-order valence-electron chi connectivity index (χ1n) is 9.78. The number of ether oxygens (including phenoxy) is 1. The van der Waals surface area contributed by atoms with Crippen molar-refractivity contribution in [2.75, 3.05) is 18.5 Å². The molecule has 1 aliphatic rings. The quantitative estimate of drug-likeness (QED) is 0.647.